The summed E-state index contributed by atoms with van der Waals surface area (Å²) in [5.41, 5.74) is 1.87. The third-order valence-corrected chi connectivity index (χ3v) is 3.08. The molecule has 0 spiro atoms. The fourth-order valence-electron chi connectivity index (χ4n) is 1.74. The normalized spacial score (nSPS) is 9.90. The molecular formula is C16H20ClNO3. The van der Waals surface area contributed by atoms with Crippen LogP contribution in [0.15, 0.2) is 35.9 Å². The summed E-state index contributed by atoms with van der Waals surface area (Å²) in [6.07, 6.45) is 1.74. The van der Waals surface area contributed by atoms with E-state index < -0.39 is 0 Å². The fourth-order valence-corrected chi connectivity index (χ4v) is 1.87. The van der Waals surface area contributed by atoms with Crippen molar-refractivity contribution < 1.29 is 14.3 Å². The van der Waals surface area contributed by atoms with Crippen LogP contribution in [-0.2, 0) is 20.9 Å². The molecule has 21 heavy (non-hydrogen) atoms. The number of hydrogen-bond acceptors (Lipinski definition) is 3. The third kappa shape index (κ3) is 6.45. The summed E-state index contributed by atoms with van der Waals surface area (Å²) in [4.78, 5) is 25.1. The van der Waals surface area contributed by atoms with Crippen LogP contribution >= 0.6 is 11.6 Å². The molecule has 0 atom stereocenters. The number of nitrogens with zero attached hydrogens (tertiary/aromatic N) is 1. The second-order valence-corrected chi connectivity index (χ2v) is 5.37. The first-order valence-corrected chi connectivity index (χ1v) is 7.05. The second kappa shape index (κ2) is 8.47. The minimum Gasteiger partial charge on any atom is -0.469 e. The van der Waals surface area contributed by atoms with E-state index in [9.17, 15) is 9.59 Å². The number of hydrogen-bond donors (Lipinski definition) is 0. The molecule has 1 amide bonds. The van der Waals surface area contributed by atoms with Gasteiger partial charge >= 0.3 is 5.97 Å². The highest BCUT2D eigenvalue weighted by Gasteiger charge is 2.14. The summed E-state index contributed by atoms with van der Waals surface area (Å²) in [5.74, 6) is -0.449. The summed E-state index contributed by atoms with van der Waals surface area (Å²) in [7, 11) is 1.34. The van der Waals surface area contributed by atoms with E-state index in [-0.39, 0.29) is 18.3 Å². The largest absolute Gasteiger partial charge is 0.469 e. The SMILES string of the molecule is COC(=O)CCN(Cc1ccc(Cl)cc1)C(=O)C=C(C)C. The number of methoxy groups -OCH3 is 1. The molecular weight excluding hydrogens is 290 g/mol. The van der Waals surface area contributed by atoms with E-state index in [1.54, 1.807) is 23.1 Å². The van der Waals surface area contributed by atoms with Crippen LogP contribution in [0.4, 0.5) is 0 Å². The van der Waals surface area contributed by atoms with E-state index in [1.165, 1.54) is 7.11 Å². The lowest BCUT2D eigenvalue weighted by Crippen LogP contribution is -2.31. The first kappa shape index (κ1) is 17.2. The molecule has 0 N–H and O–H groups in total. The molecule has 0 aliphatic heterocycles. The highest BCUT2D eigenvalue weighted by atomic mass is 35.5. The quantitative estimate of drug-likeness (QED) is 0.599. The zero-order valence-corrected chi connectivity index (χ0v) is 13.3. The second-order valence-electron chi connectivity index (χ2n) is 4.93. The Morgan fingerprint density at radius 2 is 1.86 bits per heavy atom. The molecule has 0 radical (unpaired) electrons. The van der Waals surface area contributed by atoms with Crippen molar-refractivity contribution in [3.05, 3.63) is 46.5 Å². The van der Waals surface area contributed by atoms with E-state index >= 15 is 0 Å². The van der Waals surface area contributed by atoms with Crippen LogP contribution in [0.1, 0.15) is 25.8 Å². The number of benzene rings is 1. The van der Waals surface area contributed by atoms with Gasteiger partial charge in [-0.3, -0.25) is 9.59 Å². The van der Waals surface area contributed by atoms with Crippen LogP contribution in [0, 0.1) is 0 Å². The van der Waals surface area contributed by atoms with Gasteiger partial charge in [-0.05, 0) is 31.5 Å². The van der Waals surface area contributed by atoms with Crippen molar-refractivity contribution in [3.63, 3.8) is 0 Å². The lowest BCUT2D eigenvalue weighted by molar-refractivity contribution is -0.141. The van der Waals surface area contributed by atoms with Gasteiger partial charge in [0.2, 0.25) is 5.91 Å². The molecule has 4 nitrogen and oxygen atoms in total. The van der Waals surface area contributed by atoms with Gasteiger partial charge in [0.25, 0.3) is 0 Å². The molecule has 0 fully saturated rings. The zero-order chi connectivity index (χ0) is 15.8. The van der Waals surface area contributed by atoms with Gasteiger partial charge < -0.3 is 9.64 Å². The Bertz CT molecular complexity index is 519. The van der Waals surface area contributed by atoms with Gasteiger partial charge in [0.05, 0.1) is 13.5 Å². The van der Waals surface area contributed by atoms with Crippen LogP contribution in [0.25, 0.3) is 0 Å². The van der Waals surface area contributed by atoms with E-state index in [4.69, 9.17) is 11.6 Å². The molecule has 1 aromatic rings. The number of halogens is 1. The Kier molecular flexibility index (Phi) is 6.96. The third-order valence-electron chi connectivity index (χ3n) is 2.82. The maximum atomic E-state index is 12.2. The van der Waals surface area contributed by atoms with Crippen molar-refractivity contribution in [2.45, 2.75) is 26.8 Å². The molecule has 0 aliphatic carbocycles. The van der Waals surface area contributed by atoms with Crippen molar-refractivity contribution in [1.29, 1.82) is 0 Å². The Balaban J connectivity index is 2.80. The zero-order valence-electron chi connectivity index (χ0n) is 12.6. The Hall–Kier alpha value is -1.81. The van der Waals surface area contributed by atoms with Gasteiger partial charge in [0.1, 0.15) is 0 Å². The summed E-state index contributed by atoms with van der Waals surface area (Å²) in [5, 5.41) is 0.649. The molecule has 0 unspecified atom stereocenters. The molecule has 114 valence electrons. The molecule has 0 saturated heterocycles. The highest BCUT2D eigenvalue weighted by molar-refractivity contribution is 6.30. The number of esters is 1. The first-order valence-electron chi connectivity index (χ1n) is 6.67. The van der Waals surface area contributed by atoms with Crippen LogP contribution in [-0.4, -0.2) is 30.4 Å². The lowest BCUT2D eigenvalue weighted by Gasteiger charge is -2.21. The number of allylic oxidation sites excluding steroid dienone is 1. The molecule has 0 saturated carbocycles. The lowest BCUT2D eigenvalue weighted by atomic mass is 10.2. The van der Waals surface area contributed by atoms with Gasteiger partial charge in [-0.2, -0.15) is 0 Å². The average Bonchev–Trinajstić information content (AvgIpc) is 2.44. The number of carbonyl (C=O) groups is 2. The van der Waals surface area contributed by atoms with Gasteiger partial charge in [-0.15, -0.1) is 0 Å². The maximum Gasteiger partial charge on any atom is 0.307 e. The molecule has 1 rings (SSSR count). The van der Waals surface area contributed by atoms with Crippen LogP contribution < -0.4 is 0 Å². The van der Waals surface area contributed by atoms with Crippen molar-refractivity contribution >= 4 is 23.5 Å². The Labute approximate surface area is 130 Å². The van der Waals surface area contributed by atoms with Crippen molar-refractivity contribution in [3.8, 4) is 0 Å². The van der Waals surface area contributed by atoms with Gasteiger partial charge in [-0.1, -0.05) is 29.3 Å². The predicted octanol–water partition coefficient (Wildman–Crippen LogP) is 3.20. The highest BCUT2D eigenvalue weighted by Crippen LogP contribution is 2.12. The molecule has 5 heteroatoms. The van der Waals surface area contributed by atoms with Gasteiger partial charge in [0, 0.05) is 24.2 Å². The van der Waals surface area contributed by atoms with Crippen LogP contribution in [0.5, 0.6) is 0 Å². The van der Waals surface area contributed by atoms with E-state index in [0.29, 0.717) is 18.1 Å². The predicted molar refractivity (Wildman–Crippen MR) is 82.9 cm³/mol. The molecule has 0 aromatic heterocycles. The minimum absolute atomic E-state index is 0.117. The Morgan fingerprint density at radius 3 is 2.38 bits per heavy atom. The summed E-state index contributed by atoms with van der Waals surface area (Å²) in [6, 6.07) is 7.29. The molecule has 0 aliphatic rings. The number of ether oxygens (including phenoxy) is 1. The van der Waals surface area contributed by atoms with Crippen molar-refractivity contribution in [2.24, 2.45) is 0 Å². The van der Waals surface area contributed by atoms with Gasteiger partial charge in [-0.25, -0.2) is 0 Å². The smallest absolute Gasteiger partial charge is 0.307 e. The van der Waals surface area contributed by atoms with Crippen molar-refractivity contribution in [2.75, 3.05) is 13.7 Å². The van der Waals surface area contributed by atoms with Crippen molar-refractivity contribution in [1.82, 2.24) is 4.90 Å². The molecule has 1 aromatic carbocycles. The molecule has 0 bridgehead atoms. The fraction of sp³-hybridized carbons (Fsp3) is 0.375. The van der Waals surface area contributed by atoms with Gasteiger partial charge in [0.15, 0.2) is 0 Å². The molecule has 0 heterocycles. The Morgan fingerprint density at radius 1 is 1.24 bits per heavy atom. The monoisotopic (exact) mass is 309 g/mol. The topological polar surface area (TPSA) is 46.6 Å². The van der Waals surface area contributed by atoms with Crippen LogP contribution in [0.2, 0.25) is 5.02 Å². The van der Waals surface area contributed by atoms with E-state index in [0.717, 1.165) is 11.1 Å². The standard InChI is InChI=1S/C16H20ClNO3/c1-12(2)10-15(19)18(9-8-16(20)21-3)11-13-4-6-14(17)7-5-13/h4-7,10H,8-9,11H2,1-3H3. The summed E-state index contributed by atoms with van der Waals surface area (Å²) in [6.45, 7) is 4.46. The van der Waals surface area contributed by atoms with E-state index in [2.05, 4.69) is 4.74 Å². The summed E-state index contributed by atoms with van der Waals surface area (Å²) >= 11 is 5.85. The maximum absolute atomic E-state index is 12.2. The minimum atomic E-state index is -0.332. The number of rotatable bonds is 6. The van der Waals surface area contributed by atoms with E-state index in [1.807, 2.05) is 26.0 Å². The summed E-state index contributed by atoms with van der Waals surface area (Å²) < 4.78 is 4.62. The average molecular weight is 310 g/mol. The number of amides is 1. The first-order chi connectivity index (χ1) is 9.92. The number of carbonyl (C=O) groups excluding carboxylic acids is 2. The van der Waals surface area contributed by atoms with Crippen LogP contribution in [0.3, 0.4) is 0 Å².